The fourth-order valence-corrected chi connectivity index (χ4v) is 4.87. The van der Waals surface area contributed by atoms with Crippen LogP contribution in [0.4, 0.5) is 0 Å². The topological polar surface area (TPSA) is 135 Å². The Balaban J connectivity index is 2.23. The van der Waals surface area contributed by atoms with E-state index >= 15 is 0 Å². The third kappa shape index (κ3) is 13.4. The van der Waals surface area contributed by atoms with Crippen LogP contribution in [0.1, 0.15) is 80.7 Å². The van der Waals surface area contributed by atoms with E-state index < -0.39 is 52.8 Å². The Labute approximate surface area is 256 Å². The van der Waals surface area contributed by atoms with Crippen molar-refractivity contribution in [3.63, 3.8) is 0 Å². The molecule has 242 valence electrons. The van der Waals surface area contributed by atoms with Gasteiger partial charge in [0.2, 0.25) is 6.04 Å². The summed E-state index contributed by atoms with van der Waals surface area (Å²) >= 11 is 0. The zero-order valence-electron chi connectivity index (χ0n) is 27.3. The Morgan fingerprint density at radius 3 is 1.91 bits per heavy atom. The van der Waals surface area contributed by atoms with Crippen molar-refractivity contribution in [2.75, 3.05) is 26.2 Å². The van der Waals surface area contributed by atoms with Crippen LogP contribution in [-0.4, -0.2) is 99.9 Å². The summed E-state index contributed by atoms with van der Waals surface area (Å²) in [4.78, 5) is 54.7. The minimum atomic E-state index is -1.36. The number of carboxylic acids is 1. The molecule has 2 N–H and O–H groups in total. The highest BCUT2D eigenvalue weighted by atomic mass is 16.6. The Morgan fingerprint density at radius 2 is 1.42 bits per heavy atom. The van der Waals surface area contributed by atoms with E-state index in [0.29, 0.717) is 25.9 Å². The van der Waals surface area contributed by atoms with Gasteiger partial charge >= 0.3 is 23.9 Å². The molecule has 1 aliphatic heterocycles. The molecule has 2 rings (SSSR count). The number of carbonyl (C=O) groups is 4. The minimum absolute atomic E-state index is 0.0457. The maximum absolute atomic E-state index is 13.0. The van der Waals surface area contributed by atoms with Crippen molar-refractivity contribution in [2.24, 2.45) is 0 Å². The van der Waals surface area contributed by atoms with Crippen molar-refractivity contribution >= 4 is 23.9 Å². The number of aliphatic carboxylic acids is 1. The predicted molar refractivity (Wildman–Crippen MR) is 162 cm³/mol. The summed E-state index contributed by atoms with van der Waals surface area (Å²) in [5.41, 5.74) is -1.31. The number of carboxylic acid groups (broad SMARTS) is 1. The van der Waals surface area contributed by atoms with Crippen molar-refractivity contribution in [1.29, 1.82) is 0 Å². The molecule has 43 heavy (non-hydrogen) atoms. The average Bonchev–Trinajstić information content (AvgIpc) is 3.20. The normalized spacial score (nSPS) is 18.1. The van der Waals surface area contributed by atoms with Gasteiger partial charge in [0, 0.05) is 32.2 Å². The summed E-state index contributed by atoms with van der Waals surface area (Å²) in [6.07, 6.45) is 1.13. The second-order valence-corrected chi connectivity index (χ2v) is 14.0. The number of benzene rings is 1. The maximum Gasteiger partial charge on any atom is 0.335 e. The summed E-state index contributed by atoms with van der Waals surface area (Å²) in [5.74, 6) is -2.81. The quantitative estimate of drug-likeness (QED) is 0.195. The maximum atomic E-state index is 13.0. The highest BCUT2D eigenvalue weighted by Gasteiger charge is 2.39. The summed E-state index contributed by atoms with van der Waals surface area (Å²) in [6, 6.07) is 7.53. The van der Waals surface area contributed by atoms with E-state index in [1.165, 1.54) is 0 Å². The van der Waals surface area contributed by atoms with Crippen molar-refractivity contribution in [2.45, 2.75) is 117 Å². The third-order valence-electron chi connectivity index (χ3n) is 6.44. The van der Waals surface area contributed by atoms with Gasteiger partial charge in [-0.25, -0.2) is 9.59 Å². The van der Waals surface area contributed by atoms with Gasteiger partial charge in [0.05, 0.1) is 6.54 Å². The summed E-state index contributed by atoms with van der Waals surface area (Å²) in [7, 11) is 0. The van der Waals surface area contributed by atoms with Crippen LogP contribution in [0.25, 0.3) is 0 Å². The molecule has 0 aliphatic carbocycles. The molecule has 0 saturated carbocycles. The first-order chi connectivity index (χ1) is 19.7. The van der Waals surface area contributed by atoms with Gasteiger partial charge < -0.3 is 19.3 Å². The fourth-order valence-electron chi connectivity index (χ4n) is 4.87. The number of esters is 3. The average molecular weight is 606 g/mol. The summed E-state index contributed by atoms with van der Waals surface area (Å²) < 4.78 is 16.5. The van der Waals surface area contributed by atoms with Crippen LogP contribution in [0, 0.1) is 0 Å². The second-order valence-electron chi connectivity index (χ2n) is 14.0. The van der Waals surface area contributed by atoms with E-state index in [-0.39, 0.29) is 25.7 Å². The van der Waals surface area contributed by atoms with Gasteiger partial charge in [0.25, 0.3) is 0 Å². The van der Waals surface area contributed by atoms with Crippen LogP contribution in [0.3, 0.4) is 0 Å². The van der Waals surface area contributed by atoms with Crippen LogP contribution >= 0.6 is 0 Å². The molecule has 11 nitrogen and oxygen atoms in total. The van der Waals surface area contributed by atoms with Gasteiger partial charge in [-0.2, -0.15) is 0 Å². The summed E-state index contributed by atoms with van der Waals surface area (Å²) in [6.45, 7) is 16.9. The number of carbonyl (C=O) groups excluding carboxylic acids is 3. The molecule has 1 saturated heterocycles. The van der Waals surface area contributed by atoms with E-state index in [2.05, 4.69) is 5.32 Å². The van der Waals surface area contributed by atoms with Crippen molar-refractivity contribution in [1.82, 2.24) is 15.1 Å². The smallest absolute Gasteiger partial charge is 0.335 e. The van der Waals surface area contributed by atoms with Crippen LogP contribution < -0.4 is 5.32 Å². The molecule has 2 atom stereocenters. The van der Waals surface area contributed by atoms with Gasteiger partial charge in [-0.15, -0.1) is 0 Å². The highest BCUT2D eigenvalue weighted by molar-refractivity contribution is 5.99. The third-order valence-corrected chi connectivity index (χ3v) is 6.44. The number of rotatable bonds is 13. The molecule has 1 aliphatic rings. The molecule has 0 spiro atoms. The SMILES string of the molecule is CC(C)(C)OC(=O)CN(CCNC(C(=O)OC(C)(C)C)C(=O)OC(C)(C)C)C[C@@H]1CC[C@H](C(=O)O)N1Cc1ccccc1. The number of nitrogens with one attached hydrogen (secondary N) is 1. The van der Waals surface area contributed by atoms with Crippen LogP contribution in [0.15, 0.2) is 30.3 Å². The van der Waals surface area contributed by atoms with Crippen molar-refractivity contribution < 1.29 is 38.5 Å². The van der Waals surface area contributed by atoms with Crippen molar-refractivity contribution in [3.05, 3.63) is 35.9 Å². The van der Waals surface area contributed by atoms with Crippen LogP contribution in [0.5, 0.6) is 0 Å². The lowest BCUT2D eigenvalue weighted by molar-refractivity contribution is -0.171. The number of hydrogen-bond acceptors (Lipinski definition) is 10. The van der Waals surface area contributed by atoms with E-state index in [0.717, 1.165) is 5.56 Å². The Hall–Kier alpha value is -3.02. The predicted octanol–water partition coefficient (Wildman–Crippen LogP) is 3.39. The molecule has 0 unspecified atom stereocenters. The number of ether oxygens (including phenoxy) is 3. The van der Waals surface area contributed by atoms with Crippen LogP contribution in [0.2, 0.25) is 0 Å². The zero-order chi connectivity index (χ0) is 32.6. The monoisotopic (exact) mass is 605 g/mol. The highest BCUT2D eigenvalue weighted by Crippen LogP contribution is 2.27. The first-order valence-corrected chi connectivity index (χ1v) is 14.9. The second kappa shape index (κ2) is 15.1. The largest absolute Gasteiger partial charge is 0.480 e. The van der Waals surface area contributed by atoms with E-state index in [1.54, 1.807) is 62.3 Å². The van der Waals surface area contributed by atoms with Gasteiger partial charge in [-0.3, -0.25) is 24.7 Å². The minimum Gasteiger partial charge on any atom is -0.480 e. The van der Waals surface area contributed by atoms with E-state index in [1.807, 2.05) is 40.1 Å². The molecule has 0 bridgehead atoms. The molecule has 0 radical (unpaired) electrons. The van der Waals surface area contributed by atoms with Gasteiger partial charge in [0.1, 0.15) is 22.8 Å². The molecule has 0 aromatic heterocycles. The Bertz CT molecular complexity index is 1060. The van der Waals surface area contributed by atoms with Crippen LogP contribution in [-0.2, 0) is 39.9 Å². The molecular formula is C32H51N3O8. The molecule has 11 heteroatoms. The van der Waals surface area contributed by atoms with Gasteiger partial charge in [-0.05, 0) is 80.7 Å². The lowest BCUT2D eigenvalue weighted by atomic mass is 10.1. The first-order valence-electron chi connectivity index (χ1n) is 14.9. The number of likely N-dealkylation sites (tertiary alicyclic amines) is 1. The Kier molecular flexibility index (Phi) is 12.7. The molecule has 0 amide bonds. The first kappa shape index (κ1) is 36.2. The molecule has 1 aromatic rings. The van der Waals surface area contributed by atoms with E-state index in [9.17, 15) is 24.3 Å². The van der Waals surface area contributed by atoms with Crippen molar-refractivity contribution in [3.8, 4) is 0 Å². The lowest BCUT2D eigenvalue weighted by Gasteiger charge is -2.33. The van der Waals surface area contributed by atoms with E-state index in [4.69, 9.17) is 14.2 Å². The van der Waals surface area contributed by atoms with Gasteiger partial charge in [0.15, 0.2) is 0 Å². The van der Waals surface area contributed by atoms with Gasteiger partial charge in [-0.1, -0.05) is 30.3 Å². The molecule has 1 fully saturated rings. The number of hydrogen-bond donors (Lipinski definition) is 2. The standard InChI is InChI=1S/C32H51N3O8/c1-30(2,3)41-25(36)21-34(18-17-33-26(28(39)42-31(4,5)6)29(40)43-32(7,8)9)20-23-15-16-24(27(37)38)35(23)19-22-13-11-10-12-14-22/h10-14,23-24,26,33H,15-21H2,1-9H3,(H,37,38)/t23-,24+/m0/s1. The summed E-state index contributed by atoms with van der Waals surface area (Å²) in [5, 5.41) is 12.9. The zero-order valence-corrected chi connectivity index (χ0v) is 27.3. The molecule has 1 heterocycles. The fraction of sp³-hybridized carbons (Fsp3) is 0.688. The molecular weight excluding hydrogens is 554 g/mol. The molecule has 1 aromatic carbocycles. The lowest BCUT2D eigenvalue weighted by Crippen LogP contribution is -2.52. The number of nitrogens with zero attached hydrogens (tertiary/aromatic N) is 2. The Morgan fingerprint density at radius 1 is 0.884 bits per heavy atom.